The third kappa shape index (κ3) is 11.9. The first kappa shape index (κ1) is 13.9. The maximum absolute atomic E-state index is 10.2. The average molecular weight is 224 g/mol. The highest BCUT2D eigenvalue weighted by atomic mass is 32.2. The Balaban J connectivity index is 3.07. The lowest BCUT2D eigenvalue weighted by Gasteiger charge is -2.01. The van der Waals surface area contributed by atoms with Crippen LogP contribution in [0.2, 0.25) is 0 Å². The van der Waals surface area contributed by atoms with E-state index in [2.05, 4.69) is 6.92 Å². The predicted octanol–water partition coefficient (Wildman–Crippen LogP) is 2.21. The first-order valence-electron chi connectivity index (χ1n) is 5.09. The predicted molar refractivity (Wildman–Crippen MR) is 55.7 cm³/mol. The van der Waals surface area contributed by atoms with Crippen molar-refractivity contribution in [1.29, 1.82) is 0 Å². The first-order valence-corrected chi connectivity index (χ1v) is 6.70. The summed E-state index contributed by atoms with van der Waals surface area (Å²) in [4.78, 5) is 0. The zero-order valence-corrected chi connectivity index (χ0v) is 9.55. The van der Waals surface area contributed by atoms with Gasteiger partial charge in [-0.2, -0.15) is 8.42 Å². The highest BCUT2D eigenvalue weighted by molar-refractivity contribution is 7.85. The number of unbranched alkanes of at least 4 members (excludes halogenated alkanes) is 5. The molecule has 0 saturated heterocycles. The smallest absolute Gasteiger partial charge is 0.289 e. The van der Waals surface area contributed by atoms with Crippen molar-refractivity contribution in [3.8, 4) is 0 Å². The Labute approximate surface area is 86.4 Å². The van der Waals surface area contributed by atoms with Crippen molar-refractivity contribution in [2.24, 2.45) is 0 Å². The van der Waals surface area contributed by atoms with Gasteiger partial charge in [0.25, 0.3) is 10.1 Å². The van der Waals surface area contributed by atoms with Crippen LogP contribution in [0.4, 0.5) is 0 Å². The van der Waals surface area contributed by atoms with Gasteiger partial charge < -0.3 is 4.74 Å². The minimum absolute atomic E-state index is 0.409. The molecule has 0 amide bonds. The Morgan fingerprint density at radius 2 is 1.64 bits per heavy atom. The second-order valence-corrected chi connectivity index (χ2v) is 4.78. The largest absolute Gasteiger partial charge is 0.363 e. The highest BCUT2D eigenvalue weighted by Gasteiger charge is 2.02. The van der Waals surface area contributed by atoms with Crippen molar-refractivity contribution in [2.45, 2.75) is 45.4 Å². The Morgan fingerprint density at radius 3 is 2.21 bits per heavy atom. The van der Waals surface area contributed by atoms with Gasteiger partial charge in [0.1, 0.15) is 0 Å². The fourth-order valence-electron chi connectivity index (χ4n) is 1.15. The Bertz CT molecular complexity index is 211. The van der Waals surface area contributed by atoms with Crippen molar-refractivity contribution in [3.63, 3.8) is 0 Å². The molecule has 0 unspecified atom stereocenters. The minimum Gasteiger partial charge on any atom is -0.363 e. The van der Waals surface area contributed by atoms with E-state index in [0.29, 0.717) is 6.61 Å². The van der Waals surface area contributed by atoms with Gasteiger partial charge in [-0.15, -0.1) is 0 Å². The Kier molecular flexibility index (Phi) is 8.12. The molecule has 14 heavy (non-hydrogen) atoms. The number of ether oxygens (including phenoxy) is 1. The molecular formula is C9H20O4S. The monoisotopic (exact) mass is 224 g/mol. The zero-order chi connectivity index (χ0) is 10.9. The highest BCUT2D eigenvalue weighted by Crippen LogP contribution is 2.04. The van der Waals surface area contributed by atoms with Crippen LogP contribution in [0.3, 0.4) is 0 Å². The summed E-state index contributed by atoms with van der Waals surface area (Å²) >= 11 is 0. The molecule has 0 aliphatic carbocycles. The molecule has 86 valence electrons. The van der Waals surface area contributed by atoms with Crippen molar-refractivity contribution < 1.29 is 17.7 Å². The average Bonchev–Trinajstić information content (AvgIpc) is 2.08. The first-order chi connectivity index (χ1) is 6.56. The second-order valence-electron chi connectivity index (χ2n) is 3.38. The summed E-state index contributed by atoms with van der Waals surface area (Å²) in [6.45, 7) is 2.57. The molecule has 0 radical (unpaired) electrons. The van der Waals surface area contributed by atoms with Gasteiger partial charge in [0, 0.05) is 6.61 Å². The third-order valence-electron chi connectivity index (χ3n) is 1.87. The maximum Gasteiger partial charge on any atom is 0.289 e. The van der Waals surface area contributed by atoms with Gasteiger partial charge in [0.05, 0.1) is 0 Å². The van der Waals surface area contributed by atoms with Crippen LogP contribution in [0.15, 0.2) is 0 Å². The summed E-state index contributed by atoms with van der Waals surface area (Å²) in [7, 11) is -3.95. The fraction of sp³-hybridized carbons (Fsp3) is 1.00. The van der Waals surface area contributed by atoms with E-state index in [1.165, 1.54) is 25.7 Å². The van der Waals surface area contributed by atoms with Gasteiger partial charge in [-0.1, -0.05) is 39.0 Å². The van der Waals surface area contributed by atoms with Crippen molar-refractivity contribution >= 4 is 10.1 Å². The topological polar surface area (TPSA) is 63.6 Å². The summed E-state index contributed by atoms with van der Waals surface area (Å²) in [6.07, 6.45) is 6.80. The molecule has 0 heterocycles. The molecule has 0 spiro atoms. The third-order valence-corrected chi connectivity index (χ3v) is 2.34. The molecule has 0 bridgehead atoms. The van der Waals surface area contributed by atoms with Crippen LogP contribution >= 0.6 is 0 Å². The number of hydrogen-bond acceptors (Lipinski definition) is 3. The summed E-state index contributed by atoms with van der Waals surface area (Å²) in [6, 6.07) is 0. The van der Waals surface area contributed by atoms with Gasteiger partial charge in [-0.05, 0) is 6.42 Å². The summed E-state index contributed by atoms with van der Waals surface area (Å²) < 4.78 is 33.6. The van der Waals surface area contributed by atoms with Gasteiger partial charge in [-0.25, -0.2) is 0 Å². The van der Waals surface area contributed by atoms with Crippen LogP contribution in [0.1, 0.15) is 45.4 Å². The van der Waals surface area contributed by atoms with E-state index in [1.807, 2.05) is 0 Å². The fourth-order valence-corrected chi connectivity index (χ4v) is 1.48. The van der Waals surface area contributed by atoms with E-state index in [9.17, 15) is 8.42 Å². The molecule has 0 saturated carbocycles. The molecule has 0 aromatic carbocycles. The van der Waals surface area contributed by atoms with Crippen LogP contribution in [-0.4, -0.2) is 25.5 Å². The summed E-state index contributed by atoms with van der Waals surface area (Å²) in [5.74, 6) is -0.581. The lowest BCUT2D eigenvalue weighted by Crippen LogP contribution is -2.08. The van der Waals surface area contributed by atoms with Crippen molar-refractivity contribution in [2.75, 3.05) is 12.5 Å². The van der Waals surface area contributed by atoms with Crippen LogP contribution in [0.25, 0.3) is 0 Å². The van der Waals surface area contributed by atoms with Gasteiger partial charge in [0.15, 0.2) is 5.94 Å². The Morgan fingerprint density at radius 1 is 1.07 bits per heavy atom. The molecule has 0 aliphatic heterocycles. The second kappa shape index (κ2) is 8.20. The summed E-state index contributed by atoms with van der Waals surface area (Å²) in [5, 5.41) is 0. The molecule has 5 heteroatoms. The van der Waals surface area contributed by atoms with Gasteiger partial charge in [-0.3, -0.25) is 4.55 Å². The van der Waals surface area contributed by atoms with E-state index in [0.717, 1.165) is 12.8 Å². The zero-order valence-electron chi connectivity index (χ0n) is 8.74. The van der Waals surface area contributed by atoms with Crippen LogP contribution < -0.4 is 0 Å². The molecular weight excluding hydrogens is 204 g/mol. The summed E-state index contributed by atoms with van der Waals surface area (Å²) in [5.41, 5.74) is 0. The molecule has 0 atom stereocenters. The standard InChI is InChI=1S/C9H20O4S/c1-2-3-4-5-6-7-8-13-9-14(10,11)12/h2-9H2,1H3,(H,10,11,12). The van der Waals surface area contributed by atoms with E-state index in [-0.39, 0.29) is 0 Å². The SMILES string of the molecule is CCCCCCCCOCS(=O)(=O)O. The Hall–Kier alpha value is -0.130. The maximum atomic E-state index is 10.2. The molecule has 4 nitrogen and oxygen atoms in total. The molecule has 0 aromatic rings. The molecule has 0 aliphatic rings. The van der Waals surface area contributed by atoms with Crippen LogP contribution in [0, 0.1) is 0 Å². The van der Waals surface area contributed by atoms with E-state index in [1.54, 1.807) is 0 Å². The molecule has 0 fully saturated rings. The van der Waals surface area contributed by atoms with Crippen molar-refractivity contribution in [3.05, 3.63) is 0 Å². The molecule has 0 rings (SSSR count). The van der Waals surface area contributed by atoms with E-state index < -0.39 is 16.1 Å². The van der Waals surface area contributed by atoms with Crippen molar-refractivity contribution in [1.82, 2.24) is 0 Å². The quantitative estimate of drug-likeness (QED) is 0.482. The molecule has 1 N–H and O–H groups in total. The van der Waals surface area contributed by atoms with Gasteiger partial charge >= 0.3 is 0 Å². The number of hydrogen-bond donors (Lipinski definition) is 1. The lowest BCUT2D eigenvalue weighted by molar-refractivity contribution is 0.165. The van der Waals surface area contributed by atoms with Crippen LogP contribution in [0.5, 0.6) is 0 Å². The van der Waals surface area contributed by atoms with E-state index >= 15 is 0 Å². The molecule has 0 aromatic heterocycles. The van der Waals surface area contributed by atoms with Crippen LogP contribution in [-0.2, 0) is 14.9 Å². The lowest BCUT2D eigenvalue weighted by atomic mass is 10.1. The minimum atomic E-state index is -3.95. The van der Waals surface area contributed by atoms with Gasteiger partial charge in [0.2, 0.25) is 0 Å². The normalized spacial score (nSPS) is 11.9. The van der Waals surface area contributed by atoms with E-state index in [4.69, 9.17) is 9.29 Å². The number of rotatable bonds is 9.